The Hall–Kier alpha value is -0.860. The van der Waals surface area contributed by atoms with E-state index in [0.717, 1.165) is 25.6 Å². The number of aryl methyl sites for hydroxylation is 2. The molecule has 0 fully saturated rings. The molecule has 0 spiro atoms. The summed E-state index contributed by atoms with van der Waals surface area (Å²) in [6, 6.07) is 7.00. The minimum Gasteiger partial charge on any atom is -0.315 e. The average Bonchev–Trinajstić information content (AvgIpc) is 2.27. The van der Waals surface area contributed by atoms with Gasteiger partial charge in [0.05, 0.1) is 0 Å². The predicted octanol–water partition coefficient (Wildman–Crippen LogP) is 3.03. The van der Waals surface area contributed by atoms with Gasteiger partial charge >= 0.3 is 0 Å². The van der Waals surface area contributed by atoms with Crippen LogP contribution < -0.4 is 10.6 Å². The highest BCUT2D eigenvalue weighted by Gasteiger charge is 2.05. The molecule has 0 radical (unpaired) electrons. The van der Waals surface area contributed by atoms with Crippen molar-refractivity contribution in [3.05, 3.63) is 34.9 Å². The molecule has 0 aliphatic heterocycles. The van der Waals surface area contributed by atoms with Crippen LogP contribution >= 0.6 is 0 Å². The molecule has 0 heterocycles. The fourth-order valence-electron chi connectivity index (χ4n) is 2.06. The van der Waals surface area contributed by atoms with Gasteiger partial charge in [0.2, 0.25) is 0 Å². The topological polar surface area (TPSA) is 24.1 Å². The van der Waals surface area contributed by atoms with Gasteiger partial charge in [-0.2, -0.15) is 0 Å². The normalized spacial score (nSPS) is 13.0. The van der Waals surface area contributed by atoms with Gasteiger partial charge in [0.25, 0.3) is 0 Å². The monoisotopic (exact) mass is 248 g/mol. The maximum atomic E-state index is 3.59. The Morgan fingerprint density at radius 2 is 1.61 bits per heavy atom. The summed E-state index contributed by atoms with van der Waals surface area (Å²) in [5, 5.41) is 7.08. The third-order valence-electron chi connectivity index (χ3n) is 3.27. The van der Waals surface area contributed by atoms with Crippen LogP contribution in [-0.4, -0.2) is 19.1 Å². The molecule has 0 amide bonds. The molecule has 0 saturated heterocycles. The van der Waals surface area contributed by atoms with E-state index in [0.29, 0.717) is 6.04 Å². The van der Waals surface area contributed by atoms with E-state index < -0.39 is 0 Å². The summed E-state index contributed by atoms with van der Waals surface area (Å²) in [5.74, 6) is 0.718. The summed E-state index contributed by atoms with van der Waals surface area (Å²) in [6.45, 7) is 14.2. The van der Waals surface area contributed by atoms with Crippen molar-refractivity contribution in [2.24, 2.45) is 5.92 Å². The van der Waals surface area contributed by atoms with E-state index in [1.165, 1.54) is 16.7 Å². The number of nitrogens with one attached hydrogen (secondary N) is 2. The first kappa shape index (κ1) is 15.2. The molecule has 2 heteroatoms. The molecule has 0 aliphatic carbocycles. The van der Waals surface area contributed by atoms with Crippen LogP contribution in [0.5, 0.6) is 0 Å². The van der Waals surface area contributed by atoms with E-state index in [1.807, 2.05) is 0 Å². The summed E-state index contributed by atoms with van der Waals surface area (Å²) < 4.78 is 0. The average molecular weight is 248 g/mol. The number of hydrogen-bond donors (Lipinski definition) is 2. The lowest BCUT2D eigenvalue weighted by Gasteiger charge is -2.17. The van der Waals surface area contributed by atoms with Crippen LogP contribution in [0, 0.1) is 19.8 Å². The van der Waals surface area contributed by atoms with Gasteiger partial charge in [-0.05, 0) is 49.9 Å². The van der Waals surface area contributed by atoms with E-state index in [9.17, 15) is 0 Å². The Balaban J connectivity index is 2.36. The Labute approximate surface area is 112 Å². The summed E-state index contributed by atoms with van der Waals surface area (Å²) in [4.78, 5) is 0. The third kappa shape index (κ3) is 5.19. The standard InChI is InChI=1S/C16H28N2/c1-12(2)9-17-10-15(5)18-11-16-13(3)7-6-8-14(16)4/h6-8,12,15,17-18H,9-11H2,1-5H3. The Kier molecular flexibility index (Phi) is 6.37. The van der Waals surface area contributed by atoms with Gasteiger partial charge in [0.15, 0.2) is 0 Å². The van der Waals surface area contributed by atoms with Crippen LogP contribution in [0.4, 0.5) is 0 Å². The molecule has 18 heavy (non-hydrogen) atoms. The largest absolute Gasteiger partial charge is 0.315 e. The molecule has 0 aromatic heterocycles. The van der Waals surface area contributed by atoms with Crippen molar-refractivity contribution < 1.29 is 0 Å². The molecule has 102 valence electrons. The lowest BCUT2D eigenvalue weighted by atomic mass is 10.0. The minimum absolute atomic E-state index is 0.503. The van der Waals surface area contributed by atoms with Gasteiger partial charge in [-0.1, -0.05) is 32.0 Å². The van der Waals surface area contributed by atoms with E-state index in [2.05, 4.69) is 63.5 Å². The van der Waals surface area contributed by atoms with Gasteiger partial charge in [0.1, 0.15) is 0 Å². The SMILES string of the molecule is Cc1cccc(C)c1CNC(C)CNCC(C)C. The van der Waals surface area contributed by atoms with Gasteiger partial charge < -0.3 is 10.6 Å². The van der Waals surface area contributed by atoms with Crippen LogP contribution in [0.2, 0.25) is 0 Å². The van der Waals surface area contributed by atoms with Gasteiger partial charge in [-0.3, -0.25) is 0 Å². The predicted molar refractivity (Wildman–Crippen MR) is 79.9 cm³/mol. The van der Waals surface area contributed by atoms with E-state index in [4.69, 9.17) is 0 Å². The molecule has 1 aromatic rings. The summed E-state index contributed by atoms with van der Waals surface area (Å²) in [6.07, 6.45) is 0. The van der Waals surface area contributed by atoms with Crippen LogP contribution in [0.3, 0.4) is 0 Å². The molecule has 1 unspecified atom stereocenters. The van der Waals surface area contributed by atoms with E-state index >= 15 is 0 Å². The minimum atomic E-state index is 0.503. The third-order valence-corrected chi connectivity index (χ3v) is 3.27. The van der Waals surface area contributed by atoms with Crippen molar-refractivity contribution in [1.82, 2.24) is 10.6 Å². The molecule has 2 nitrogen and oxygen atoms in total. The first-order valence-electron chi connectivity index (χ1n) is 7.00. The van der Waals surface area contributed by atoms with Crippen LogP contribution in [0.25, 0.3) is 0 Å². The zero-order valence-electron chi connectivity index (χ0n) is 12.5. The Morgan fingerprint density at radius 3 is 2.17 bits per heavy atom. The Morgan fingerprint density at radius 1 is 1.00 bits per heavy atom. The molecular formula is C16H28N2. The highest BCUT2D eigenvalue weighted by Crippen LogP contribution is 2.12. The fourth-order valence-corrected chi connectivity index (χ4v) is 2.06. The van der Waals surface area contributed by atoms with Gasteiger partial charge in [-0.25, -0.2) is 0 Å². The summed E-state index contributed by atoms with van der Waals surface area (Å²) in [5.41, 5.74) is 4.20. The molecule has 1 atom stereocenters. The number of hydrogen-bond acceptors (Lipinski definition) is 2. The molecule has 0 bridgehead atoms. The van der Waals surface area contributed by atoms with Crippen LogP contribution in [0.15, 0.2) is 18.2 Å². The number of benzene rings is 1. The van der Waals surface area contributed by atoms with Crippen molar-refractivity contribution in [3.8, 4) is 0 Å². The van der Waals surface area contributed by atoms with Crippen LogP contribution in [0.1, 0.15) is 37.5 Å². The maximum Gasteiger partial charge on any atom is 0.0213 e. The van der Waals surface area contributed by atoms with E-state index in [-0.39, 0.29) is 0 Å². The Bertz CT molecular complexity index is 338. The first-order chi connectivity index (χ1) is 8.50. The number of rotatable bonds is 7. The summed E-state index contributed by atoms with van der Waals surface area (Å²) in [7, 11) is 0. The lowest BCUT2D eigenvalue weighted by molar-refractivity contribution is 0.471. The molecule has 0 saturated carbocycles. The van der Waals surface area contributed by atoms with Gasteiger partial charge in [-0.15, -0.1) is 0 Å². The highest BCUT2D eigenvalue weighted by atomic mass is 15.0. The second-order valence-electron chi connectivity index (χ2n) is 5.70. The molecule has 0 aliphatic rings. The van der Waals surface area contributed by atoms with Crippen molar-refractivity contribution >= 4 is 0 Å². The zero-order chi connectivity index (χ0) is 13.5. The zero-order valence-corrected chi connectivity index (χ0v) is 12.5. The lowest BCUT2D eigenvalue weighted by Crippen LogP contribution is -2.37. The highest BCUT2D eigenvalue weighted by molar-refractivity contribution is 5.33. The summed E-state index contributed by atoms with van der Waals surface area (Å²) >= 11 is 0. The first-order valence-corrected chi connectivity index (χ1v) is 7.00. The van der Waals surface area contributed by atoms with Crippen molar-refractivity contribution in [3.63, 3.8) is 0 Å². The van der Waals surface area contributed by atoms with Gasteiger partial charge in [0, 0.05) is 19.1 Å². The fraction of sp³-hybridized carbons (Fsp3) is 0.625. The second-order valence-corrected chi connectivity index (χ2v) is 5.70. The smallest absolute Gasteiger partial charge is 0.0213 e. The second kappa shape index (κ2) is 7.55. The maximum absolute atomic E-state index is 3.59. The van der Waals surface area contributed by atoms with Crippen molar-refractivity contribution in [2.75, 3.05) is 13.1 Å². The molecule has 1 aromatic carbocycles. The molecular weight excluding hydrogens is 220 g/mol. The van der Waals surface area contributed by atoms with E-state index in [1.54, 1.807) is 0 Å². The van der Waals surface area contributed by atoms with Crippen LogP contribution in [-0.2, 0) is 6.54 Å². The molecule has 2 N–H and O–H groups in total. The van der Waals surface area contributed by atoms with Crippen molar-refractivity contribution in [2.45, 2.75) is 47.2 Å². The van der Waals surface area contributed by atoms with Crippen molar-refractivity contribution in [1.29, 1.82) is 0 Å². The molecule has 1 rings (SSSR count). The quantitative estimate of drug-likeness (QED) is 0.775.